The van der Waals surface area contributed by atoms with Crippen LogP contribution in [-0.4, -0.2) is 146 Å². The van der Waals surface area contributed by atoms with Crippen LogP contribution in [-0.2, 0) is 113 Å². The zero-order valence-electron chi connectivity index (χ0n) is 72.6. The molecule has 5 aromatic carbocycles. The van der Waals surface area contributed by atoms with Crippen molar-refractivity contribution in [2.75, 3.05) is 13.2 Å². The van der Waals surface area contributed by atoms with E-state index in [1.54, 1.807) is 0 Å². The van der Waals surface area contributed by atoms with Crippen molar-refractivity contribution in [2.45, 2.75) is 335 Å². The van der Waals surface area contributed by atoms with Crippen LogP contribution < -0.4 is 5.73 Å². The molecule has 14 rings (SSSR count). The zero-order valence-corrected chi connectivity index (χ0v) is 74.6. The lowest BCUT2D eigenvalue weighted by atomic mass is 9.33. The van der Waals surface area contributed by atoms with Gasteiger partial charge in [0.05, 0.1) is 81.4 Å². The summed E-state index contributed by atoms with van der Waals surface area (Å²) in [6.45, 7) is 35.6. The molecule has 0 spiro atoms. The third-order valence-electron chi connectivity index (χ3n) is 30.6. The van der Waals surface area contributed by atoms with E-state index in [4.69, 9.17) is 76.2 Å². The van der Waals surface area contributed by atoms with Crippen molar-refractivity contribution in [3.8, 4) is 0 Å². The second-order valence-electron chi connectivity index (χ2n) is 38.0. The van der Waals surface area contributed by atoms with Gasteiger partial charge in [-0.25, -0.2) is 0 Å². The first kappa shape index (κ1) is 88.1. The number of rotatable bonds is 33. The minimum atomic E-state index is -2.56. The van der Waals surface area contributed by atoms with Crippen LogP contribution in [0.25, 0.3) is 0 Å². The van der Waals surface area contributed by atoms with Crippen molar-refractivity contribution in [3.63, 3.8) is 0 Å². The Kier molecular flexibility index (Phi) is 27.6. The van der Waals surface area contributed by atoms with Crippen LogP contribution in [0.3, 0.4) is 0 Å². The summed E-state index contributed by atoms with van der Waals surface area (Å²) >= 11 is 0. The van der Waals surface area contributed by atoms with Crippen LogP contribution in [0.1, 0.15) is 189 Å². The van der Waals surface area contributed by atoms with E-state index in [2.05, 4.69) is 89.2 Å². The van der Waals surface area contributed by atoms with Crippen molar-refractivity contribution in [3.05, 3.63) is 191 Å². The van der Waals surface area contributed by atoms with Crippen LogP contribution in [0.15, 0.2) is 163 Å². The Morgan fingerprint density at radius 1 is 0.521 bits per heavy atom. The summed E-state index contributed by atoms with van der Waals surface area (Å²) in [5.41, 5.74) is 11.2. The Bertz CT molecular complexity index is 4050. The van der Waals surface area contributed by atoms with Gasteiger partial charge >= 0.3 is 5.97 Å². The normalized spacial score (nSPS) is 37.1. The Morgan fingerprint density at radius 3 is 1.57 bits per heavy atom. The number of carbonyl (C=O) groups is 2. The molecule has 4 saturated carbocycles. The number of carbonyl (C=O) groups excluding carboxylic acids is 2. The standard InChI is InChI=1S/C97H137NO17Si2/c1-16-116(17-2,18-3)114-77-50-51-93(12)75(94(77,13)64-99)49-52-95(14)76(93)48-47-71-72-55-91(8,9)53-54-97(72,78(56-96(71,95)15)115-117(19-4,20-5)21-6)90(100)111-88-85(82(104-60-69-43-33-25-34-44-69)79(98)73(108-88)62-101-57-66-37-27-22-28-38-66)110-89-86-83(112-92(10,11)113-86)80(65(7)107-89)109-87-84(105-61-70-45-35-26-36-46-70)81(103-59-68-41-31-24-32-42-68)74(63-106-87)102-58-67-39-29-23-30-40-67/h22-47,64-65,72-89H,16-21,48-63,98H2,1-15H3/t65-,72?,73-,74-,75-,76?,77+,78+,79+,80+,81?,82?,83?,84?,85?,86?,87+,88+,89+,93?,94-,95?,96-,97-/m1/s1. The summed E-state index contributed by atoms with van der Waals surface area (Å²) in [7, 11) is -4.63. The van der Waals surface area contributed by atoms with Gasteiger partial charge in [-0.05, 0) is 182 Å². The lowest BCUT2D eigenvalue weighted by Gasteiger charge is -2.72. The lowest BCUT2D eigenvalue weighted by molar-refractivity contribution is -0.365. The van der Waals surface area contributed by atoms with E-state index < -0.39 is 131 Å². The number of benzene rings is 5. The second-order valence-corrected chi connectivity index (χ2v) is 47.5. The van der Waals surface area contributed by atoms with Gasteiger partial charge in [0.2, 0.25) is 6.29 Å². The molecule has 10 unspecified atom stereocenters. The van der Waals surface area contributed by atoms with Crippen LogP contribution in [0.2, 0.25) is 36.3 Å². The minimum absolute atomic E-state index is 0.0413. The first-order valence-electron chi connectivity index (χ1n) is 44.5. The highest BCUT2D eigenvalue weighted by atomic mass is 28.4. The summed E-state index contributed by atoms with van der Waals surface area (Å²) in [4.78, 5) is 31.8. The van der Waals surface area contributed by atoms with Crippen LogP contribution >= 0.6 is 0 Å². The van der Waals surface area contributed by atoms with Gasteiger partial charge in [-0.2, -0.15) is 0 Å². The lowest BCUT2D eigenvalue weighted by Crippen LogP contribution is -2.70. The van der Waals surface area contributed by atoms with E-state index >= 15 is 4.79 Å². The molecule has 640 valence electrons. The van der Waals surface area contributed by atoms with Crippen LogP contribution in [0.4, 0.5) is 0 Å². The fourth-order valence-corrected chi connectivity index (χ4v) is 28.9. The van der Waals surface area contributed by atoms with Gasteiger partial charge in [0.25, 0.3) is 0 Å². The van der Waals surface area contributed by atoms with E-state index in [9.17, 15) is 4.79 Å². The van der Waals surface area contributed by atoms with E-state index in [1.165, 1.54) is 11.9 Å². The molecule has 2 N–H and O–H groups in total. The van der Waals surface area contributed by atoms with Gasteiger partial charge in [-0.3, -0.25) is 4.79 Å². The minimum Gasteiger partial charge on any atom is -0.432 e. The second kappa shape index (κ2) is 36.7. The van der Waals surface area contributed by atoms with Crippen molar-refractivity contribution in [2.24, 2.45) is 56.0 Å². The predicted octanol–water partition coefficient (Wildman–Crippen LogP) is 18.9. The molecule has 8 fully saturated rings. The maximum atomic E-state index is 17.6. The predicted molar refractivity (Wildman–Crippen MR) is 456 cm³/mol. The molecule has 0 amide bonds. The molecule has 24 atom stereocenters. The molecule has 5 aliphatic carbocycles. The summed E-state index contributed by atoms with van der Waals surface area (Å²) in [6, 6.07) is 55.1. The first-order valence-corrected chi connectivity index (χ1v) is 49.6. The molecule has 0 aromatic heterocycles. The molecule has 9 aliphatic rings. The number of aldehydes is 1. The van der Waals surface area contributed by atoms with Crippen LogP contribution in [0, 0.1) is 50.2 Å². The summed E-state index contributed by atoms with van der Waals surface area (Å²) in [5, 5.41) is 0. The number of nitrogens with two attached hydrogens (primary N) is 1. The largest absolute Gasteiger partial charge is 0.432 e. The van der Waals surface area contributed by atoms with Crippen LogP contribution in [0.5, 0.6) is 0 Å². The Balaban J connectivity index is 0.825. The fourth-order valence-electron chi connectivity index (χ4n) is 23.1. The van der Waals surface area contributed by atoms with Gasteiger partial charge < -0.3 is 81.0 Å². The first-order chi connectivity index (χ1) is 56.2. The number of hydrogen-bond acceptors (Lipinski definition) is 18. The van der Waals surface area contributed by atoms with Crippen molar-refractivity contribution in [1.82, 2.24) is 0 Å². The molecule has 4 saturated heterocycles. The smallest absolute Gasteiger partial charge is 0.317 e. The SMILES string of the molecule is CC[Si](CC)(CC)O[C@H]1CCC2(C)C3CC=C4C5CC(C)(C)CC[C@]5(C(=O)O[C@@H]5O[C@H](COCc6ccccc6)[C@H](N)C(OCc6ccccc6)C5O[C@@H]5O[C@H](C)[C@H](O[C@@H]6OC[C@@H](OCc7ccccc7)C(OCc7ccccc7)C6OCc6ccccc6)C6OC(C)(C)OC65)[C@@H](O[Si](CC)(CC)CC)C[C@@]4(C)C3(C)CC[C@H]2[C@@]1(C)C=O. The highest BCUT2D eigenvalue weighted by Gasteiger charge is 2.74. The highest BCUT2D eigenvalue weighted by molar-refractivity contribution is 6.74. The van der Waals surface area contributed by atoms with Gasteiger partial charge in [0, 0.05) is 0 Å². The van der Waals surface area contributed by atoms with E-state index in [0.717, 1.165) is 109 Å². The van der Waals surface area contributed by atoms with E-state index in [1.807, 2.05) is 172 Å². The number of esters is 1. The van der Waals surface area contributed by atoms with Gasteiger partial charge in [-0.1, -0.05) is 246 Å². The van der Waals surface area contributed by atoms with E-state index in [-0.39, 0.29) is 85.7 Å². The zero-order chi connectivity index (χ0) is 82.8. The third-order valence-corrected chi connectivity index (χ3v) is 39.9. The third kappa shape index (κ3) is 17.8. The average molecular weight is 1650 g/mol. The molecular formula is C97H137NO17Si2. The van der Waals surface area contributed by atoms with E-state index in [0.29, 0.717) is 19.4 Å². The number of ether oxygens (including phenoxy) is 13. The van der Waals surface area contributed by atoms with Gasteiger partial charge in [0.15, 0.2) is 41.1 Å². The van der Waals surface area contributed by atoms with Crippen molar-refractivity contribution >= 4 is 28.9 Å². The summed E-state index contributed by atoms with van der Waals surface area (Å²) in [6.07, 6.45) is -1.68. The van der Waals surface area contributed by atoms with Crippen molar-refractivity contribution in [1.29, 1.82) is 0 Å². The molecule has 117 heavy (non-hydrogen) atoms. The Morgan fingerprint density at radius 2 is 1.03 bits per heavy atom. The molecule has 0 bridgehead atoms. The Labute approximate surface area is 700 Å². The molecule has 18 nitrogen and oxygen atoms in total. The maximum absolute atomic E-state index is 17.6. The number of fused-ring (bicyclic) bond motifs is 8. The van der Waals surface area contributed by atoms with Gasteiger partial charge in [0.1, 0.15) is 55.1 Å². The Hall–Kier alpha value is -5.19. The van der Waals surface area contributed by atoms with Gasteiger partial charge in [-0.15, -0.1) is 0 Å². The molecule has 4 aliphatic heterocycles. The molecular weight excluding hydrogens is 1510 g/mol. The monoisotopic (exact) mass is 1640 g/mol. The topological polar surface area (TPSA) is 199 Å². The maximum Gasteiger partial charge on any atom is 0.317 e. The molecule has 5 aromatic rings. The molecule has 20 heteroatoms. The summed E-state index contributed by atoms with van der Waals surface area (Å²) < 4.78 is 109. The summed E-state index contributed by atoms with van der Waals surface area (Å²) in [5.74, 6) is -1.42. The quantitative estimate of drug-likeness (QED) is 0.0180. The van der Waals surface area contributed by atoms with Crippen molar-refractivity contribution < 1.29 is 80.0 Å². The molecule has 4 heterocycles. The number of hydrogen-bond donors (Lipinski definition) is 1. The number of allylic oxidation sites excluding steroid dienone is 2. The molecule has 0 radical (unpaired) electrons. The average Bonchev–Trinajstić information content (AvgIpc) is 1.06. The fraction of sp³-hybridized carbons (Fsp3) is 0.649. The highest BCUT2D eigenvalue weighted by Crippen LogP contribution is 2.77.